The number of hydrogen-bond donors (Lipinski definition) is 1. The molecular weight excluding hydrogens is 464 g/mol. The van der Waals surface area contributed by atoms with Crippen molar-refractivity contribution >= 4 is 11.7 Å². The normalized spacial score (nSPS) is 17.9. The number of benzene rings is 3. The summed E-state index contributed by atoms with van der Waals surface area (Å²) in [5.74, 6) is 1.14. The third kappa shape index (κ3) is 3.73. The fourth-order valence-corrected chi connectivity index (χ4v) is 4.78. The molecule has 2 aliphatic rings. The zero-order valence-electron chi connectivity index (χ0n) is 20.3. The highest BCUT2D eigenvalue weighted by molar-refractivity contribution is 6.02. The first-order valence-electron chi connectivity index (χ1n) is 11.3. The monoisotopic (exact) mass is 490 g/mol. The van der Waals surface area contributed by atoms with E-state index in [1.807, 2.05) is 47.5 Å². The van der Waals surface area contributed by atoms with Crippen molar-refractivity contribution in [2.45, 2.75) is 18.7 Å². The van der Waals surface area contributed by atoms with Crippen molar-refractivity contribution in [2.24, 2.45) is 5.10 Å². The van der Waals surface area contributed by atoms with Gasteiger partial charge >= 0.3 is 5.97 Å². The van der Waals surface area contributed by atoms with Gasteiger partial charge in [-0.2, -0.15) is 5.10 Å². The van der Waals surface area contributed by atoms with Crippen LogP contribution in [0, 0.1) is 0 Å². The van der Waals surface area contributed by atoms with Crippen LogP contribution >= 0.6 is 0 Å². The van der Waals surface area contributed by atoms with E-state index in [0.717, 1.165) is 22.6 Å². The SMILES string of the molecule is COc1ccc(C2=NN3[C@H](C2)c2cccc(OC)c2O[C@@H]3c2ccc(OC)c(OC)c2C(=O)O)cc1. The first-order chi connectivity index (χ1) is 17.5. The predicted molar refractivity (Wildman–Crippen MR) is 132 cm³/mol. The number of hydrogen-bond acceptors (Lipinski definition) is 8. The van der Waals surface area contributed by atoms with Crippen LogP contribution in [0.25, 0.3) is 0 Å². The Kier molecular flexibility index (Phi) is 6.05. The molecular formula is C27H26N2O7. The summed E-state index contributed by atoms with van der Waals surface area (Å²) in [5, 5.41) is 16.9. The Hall–Kier alpha value is -4.40. The molecule has 36 heavy (non-hydrogen) atoms. The molecule has 2 atom stereocenters. The third-order valence-electron chi connectivity index (χ3n) is 6.48. The smallest absolute Gasteiger partial charge is 0.340 e. The van der Waals surface area contributed by atoms with E-state index in [1.165, 1.54) is 14.2 Å². The fraction of sp³-hybridized carbons (Fsp3) is 0.259. The van der Waals surface area contributed by atoms with Crippen LogP contribution in [0.15, 0.2) is 59.7 Å². The second-order valence-electron chi connectivity index (χ2n) is 8.29. The Morgan fingerprint density at radius 1 is 0.917 bits per heavy atom. The summed E-state index contributed by atoms with van der Waals surface area (Å²) < 4.78 is 28.1. The Balaban J connectivity index is 1.68. The van der Waals surface area contributed by atoms with Gasteiger partial charge in [-0.1, -0.05) is 12.1 Å². The van der Waals surface area contributed by atoms with E-state index in [0.29, 0.717) is 29.2 Å². The number of carboxylic acids is 1. The number of ether oxygens (including phenoxy) is 5. The van der Waals surface area contributed by atoms with Crippen molar-refractivity contribution in [3.05, 3.63) is 76.9 Å². The van der Waals surface area contributed by atoms with Gasteiger partial charge in [-0.15, -0.1) is 0 Å². The van der Waals surface area contributed by atoms with Crippen LogP contribution < -0.4 is 23.7 Å². The molecule has 9 heteroatoms. The first-order valence-corrected chi connectivity index (χ1v) is 11.3. The van der Waals surface area contributed by atoms with E-state index >= 15 is 0 Å². The van der Waals surface area contributed by atoms with Crippen LogP contribution in [0.1, 0.15) is 45.7 Å². The van der Waals surface area contributed by atoms with Gasteiger partial charge in [0.2, 0.25) is 6.23 Å². The molecule has 0 radical (unpaired) electrons. The second kappa shape index (κ2) is 9.33. The molecule has 3 aromatic carbocycles. The van der Waals surface area contributed by atoms with Crippen LogP contribution in [0.4, 0.5) is 0 Å². The summed E-state index contributed by atoms with van der Waals surface area (Å²) in [6.07, 6.45) is -0.248. The third-order valence-corrected chi connectivity index (χ3v) is 6.48. The van der Waals surface area contributed by atoms with Gasteiger partial charge in [0.05, 0.1) is 40.2 Å². The minimum atomic E-state index is -1.16. The minimum absolute atomic E-state index is 0.0490. The van der Waals surface area contributed by atoms with E-state index in [-0.39, 0.29) is 17.4 Å². The Bertz CT molecular complexity index is 1340. The summed E-state index contributed by atoms with van der Waals surface area (Å²) in [6, 6.07) is 16.5. The van der Waals surface area contributed by atoms with E-state index in [1.54, 1.807) is 26.4 Å². The quantitative estimate of drug-likeness (QED) is 0.511. The topological polar surface area (TPSA) is 99.1 Å². The second-order valence-corrected chi connectivity index (χ2v) is 8.29. The highest BCUT2D eigenvalue weighted by atomic mass is 16.5. The standard InChI is InChI=1S/C27H26N2O7/c1-32-16-10-8-15(9-11-16)19-14-20-17-6-5-7-21(33-2)24(17)36-26(29(20)28-19)18-12-13-22(34-3)25(35-4)23(18)27(30)31/h5-13,20,26H,14H2,1-4H3,(H,30,31)/t20-,26-/m1/s1. The number of methoxy groups -OCH3 is 4. The van der Waals surface area contributed by atoms with Crippen LogP contribution in [0.5, 0.6) is 28.7 Å². The summed E-state index contributed by atoms with van der Waals surface area (Å²) in [5.41, 5.74) is 3.05. The van der Waals surface area contributed by atoms with Gasteiger partial charge in [0.1, 0.15) is 11.3 Å². The maximum atomic E-state index is 12.4. The zero-order chi connectivity index (χ0) is 25.4. The summed E-state index contributed by atoms with van der Waals surface area (Å²) >= 11 is 0. The van der Waals surface area contributed by atoms with Crippen LogP contribution in [-0.2, 0) is 0 Å². The lowest BCUT2D eigenvalue weighted by Gasteiger charge is -2.39. The summed E-state index contributed by atoms with van der Waals surface area (Å²) in [6.45, 7) is 0. The fourth-order valence-electron chi connectivity index (χ4n) is 4.78. The van der Waals surface area contributed by atoms with Crippen molar-refractivity contribution in [3.8, 4) is 28.7 Å². The van der Waals surface area contributed by atoms with Crippen LogP contribution in [0.2, 0.25) is 0 Å². The molecule has 0 spiro atoms. The van der Waals surface area contributed by atoms with Crippen LogP contribution in [0.3, 0.4) is 0 Å². The molecule has 0 fully saturated rings. The largest absolute Gasteiger partial charge is 0.497 e. The van der Waals surface area contributed by atoms with E-state index in [9.17, 15) is 9.90 Å². The van der Waals surface area contributed by atoms with Crippen molar-refractivity contribution in [2.75, 3.05) is 28.4 Å². The predicted octanol–water partition coefficient (Wildman–Crippen LogP) is 4.66. The van der Waals surface area contributed by atoms with Gasteiger partial charge < -0.3 is 28.8 Å². The van der Waals surface area contributed by atoms with Gasteiger partial charge in [0, 0.05) is 17.5 Å². The molecule has 0 bridgehead atoms. The summed E-state index contributed by atoms with van der Waals surface area (Å²) in [4.78, 5) is 12.4. The maximum Gasteiger partial charge on any atom is 0.340 e. The lowest BCUT2D eigenvalue weighted by atomic mass is 9.94. The van der Waals surface area contributed by atoms with E-state index in [2.05, 4.69) is 0 Å². The molecule has 186 valence electrons. The number of rotatable bonds is 7. The Labute approximate surface area is 208 Å². The Morgan fingerprint density at radius 2 is 1.67 bits per heavy atom. The number of para-hydroxylation sites is 1. The lowest BCUT2D eigenvalue weighted by Crippen LogP contribution is -2.35. The summed E-state index contributed by atoms with van der Waals surface area (Å²) in [7, 11) is 6.07. The number of nitrogens with zero attached hydrogens (tertiary/aromatic N) is 2. The van der Waals surface area contributed by atoms with E-state index < -0.39 is 12.2 Å². The van der Waals surface area contributed by atoms with Crippen molar-refractivity contribution < 1.29 is 33.6 Å². The molecule has 0 unspecified atom stereocenters. The average Bonchev–Trinajstić information content (AvgIpc) is 3.37. The van der Waals surface area contributed by atoms with Crippen molar-refractivity contribution in [1.82, 2.24) is 5.01 Å². The molecule has 0 aromatic heterocycles. The molecule has 1 N–H and O–H groups in total. The lowest BCUT2D eigenvalue weighted by molar-refractivity contribution is -0.0217. The first kappa shape index (κ1) is 23.3. The number of fused-ring (bicyclic) bond motifs is 3. The van der Waals surface area contributed by atoms with Crippen molar-refractivity contribution in [3.63, 3.8) is 0 Å². The number of carbonyl (C=O) groups is 1. The maximum absolute atomic E-state index is 12.4. The molecule has 0 saturated carbocycles. The van der Waals surface area contributed by atoms with Crippen LogP contribution in [-0.4, -0.2) is 50.2 Å². The highest BCUT2D eigenvalue weighted by Gasteiger charge is 2.44. The van der Waals surface area contributed by atoms with Crippen molar-refractivity contribution in [1.29, 1.82) is 0 Å². The molecule has 0 aliphatic carbocycles. The highest BCUT2D eigenvalue weighted by Crippen LogP contribution is 2.52. The molecule has 2 aliphatic heterocycles. The number of hydrazone groups is 1. The molecule has 9 nitrogen and oxygen atoms in total. The van der Waals surface area contributed by atoms with E-state index in [4.69, 9.17) is 28.8 Å². The van der Waals surface area contributed by atoms with Gasteiger partial charge in [-0.25, -0.2) is 9.80 Å². The number of aromatic carboxylic acids is 1. The van der Waals surface area contributed by atoms with Gasteiger partial charge in [-0.3, -0.25) is 0 Å². The van der Waals surface area contributed by atoms with Gasteiger partial charge in [0.15, 0.2) is 23.0 Å². The van der Waals surface area contributed by atoms with Gasteiger partial charge in [-0.05, 0) is 48.0 Å². The van der Waals surface area contributed by atoms with Gasteiger partial charge in [0.25, 0.3) is 0 Å². The number of carboxylic acid groups (broad SMARTS) is 1. The minimum Gasteiger partial charge on any atom is -0.497 e. The molecule has 0 saturated heterocycles. The Morgan fingerprint density at radius 3 is 2.31 bits per heavy atom. The zero-order valence-corrected chi connectivity index (χ0v) is 20.3. The average molecular weight is 491 g/mol. The molecule has 0 amide bonds. The molecule has 3 aromatic rings. The molecule has 2 heterocycles. The molecule has 5 rings (SSSR count).